The minimum absolute atomic E-state index is 0.0517. The highest BCUT2D eigenvalue weighted by Gasteiger charge is 2.28. The summed E-state index contributed by atoms with van der Waals surface area (Å²) < 4.78 is 9.85. The van der Waals surface area contributed by atoms with Crippen molar-refractivity contribution >= 4 is 11.9 Å². The normalized spacial score (nSPS) is 21.2. The summed E-state index contributed by atoms with van der Waals surface area (Å²) in [4.78, 5) is 23.4. The average Bonchev–Trinajstić information content (AvgIpc) is 2.40. The Morgan fingerprint density at radius 2 is 2.00 bits per heavy atom. The van der Waals surface area contributed by atoms with Crippen molar-refractivity contribution in [2.75, 3.05) is 13.2 Å². The lowest BCUT2D eigenvalue weighted by molar-refractivity contribution is -0.148. The van der Waals surface area contributed by atoms with Crippen LogP contribution in [0.25, 0.3) is 0 Å². The van der Waals surface area contributed by atoms with Gasteiger partial charge in [-0.2, -0.15) is 5.26 Å². The summed E-state index contributed by atoms with van der Waals surface area (Å²) >= 11 is 0. The number of rotatable bonds is 4. The number of ether oxygens (including phenoxy) is 2. The van der Waals surface area contributed by atoms with E-state index in [1.54, 1.807) is 13.8 Å². The second kappa shape index (κ2) is 7.57. The van der Waals surface area contributed by atoms with Gasteiger partial charge in [0.2, 0.25) is 0 Å². The molecule has 5 nitrogen and oxygen atoms in total. The molecule has 0 unspecified atom stereocenters. The van der Waals surface area contributed by atoms with Gasteiger partial charge < -0.3 is 9.47 Å². The predicted octanol–water partition coefficient (Wildman–Crippen LogP) is 2.12. The first-order chi connectivity index (χ1) is 9.13. The van der Waals surface area contributed by atoms with E-state index in [1.807, 2.05) is 6.07 Å². The van der Waals surface area contributed by atoms with Gasteiger partial charge in [-0.3, -0.25) is 4.79 Å². The highest BCUT2D eigenvalue weighted by Crippen LogP contribution is 2.31. The number of carbonyl (C=O) groups is 2. The molecule has 1 atom stereocenters. The lowest BCUT2D eigenvalue weighted by atomic mass is 9.83. The van der Waals surface area contributed by atoms with Crippen molar-refractivity contribution in [2.45, 2.75) is 39.5 Å². The molecule has 0 radical (unpaired) electrons. The predicted molar refractivity (Wildman–Crippen MR) is 67.9 cm³/mol. The summed E-state index contributed by atoms with van der Waals surface area (Å²) in [5.41, 5.74) is 0.765. The second-order valence-corrected chi connectivity index (χ2v) is 4.36. The third-order valence-corrected chi connectivity index (χ3v) is 3.09. The first kappa shape index (κ1) is 15.2. The molecule has 0 saturated heterocycles. The summed E-state index contributed by atoms with van der Waals surface area (Å²) in [7, 11) is 0. The fourth-order valence-electron chi connectivity index (χ4n) is 2.22. The Balaban J connectivity index is 2.84. The maximum absolute atomic E-state index is 11.7. The molecular weight excluding hydrogens is 246 g/mol. The van der Waals surface area contributed by atoms with E-state index in [-0.39, 0.29) is 24.1 Å². The Morgan fingerprint density at radius 3 is 2.58 bits per heavy atom. The van der Waals surface area contributed by atoms with Crippen molar-refractivity contribution in [1.29, 1.82) is 5.26 Å². The molecule has 104 valence electrons. The minimum Gasteiger partial charge on any atom is -0.466 e. The number of nitriles is 1. The average molecular weight is 265 g/mol. The molecule has 0 amide bonds. The van der Waals surface area contributed by atoms with Crippen LogP contribution in [0.5, 0.6) is 0 Å². The third kappa shape index (κ3) is 4.09. The van der Waals surface area contributed by atoms with Gasteiger partial charge in [0.1, 0.15) is 11.6 Å². The van der Waals surface area contributed by atoms with Crippen LogP contribution in [-0.2, 0) is 19.1 Å². The molecule has 0 aliphatic heterocycles. The molecular formula is C14H19NO4. The standard InChI is InChI=1S/C14H19NO4/c1-3-18-13(16)11-7-5-6-10(8-11)12(9-15)14(17)19-4-2/h11H,3-8H2,1-2H3/b12-10-/t11-/m1/s1. The first-order valence-corrected chi connectivity index (χ1v) is 6.59. The zero-order valence-corrected chi connectivity index (χ0v) is 11.4. The summed E-state index contributed by atoms with van der Waals surface area (Å²) in [6, 6.07) is 1.90. The van der Waals surface area contributed by atoms with Crippen molar-refractivity contribution in [2.24, 2.45) is 5.92 Å². The van der Waals surface area contributed by atoms with Crippen molar-refractivity contribution in [3.63, 3.8) is 0 Å². The summed E-state index contributed by atoms with van der Waals surface area (Å²) in [6.07, 6.45) is 2.60. The molecule has 0 spiro atoms. The quantitative estimate of drug-likeness (QED) is 0.442. The summed E-state index contributed by atoms with van der Waals surface area (Å²) in [6.45, 7) is 4.03. The molecule has 1 aliphatic carbocycles. The van der Waals surface area contributed by atoms with Crippen molar-refractivity contribution < 1.29 is 19.1 Å². The number of esters is 2. The Morgan fingerprint density at radius 1 is 1.32 bits per heavy atom. The maximum Gasteiger partial charge on any atom is 0.348 e. The minimum atomic E-state index is -0.593. The fourth-order valence-corrected chi connectivity index (χ4v) is 2.22. The number of hydrogen-bond donors (Lipinski definition) is 0. The molecule has 0 heterocycles. The highest BCUT2D eigenvalue weighted by atomic mass is 16.5. The van der Waals surface area contributed by atoms with E-state index in [4.69, 9.17) is 14.7 Å². The molecule has 0 aromatic carbocycles. The molecule has 5 heteroatoms. The summed E-state index contributed by atoms with van der Waals surface area (Å²) in [5, 5.41) is 9.08. The van der Waals surface area contributed by atoms with Crippen LogP contribution < -0.4 is 0 Å². The van der Waals surface area contributed by atoms with Crippen molar-refractivity contribution in [3.8, 4) is 6.07 Å². The van der Waals surface area contributed by atoms with Gasteiger partial charge in [0.15, 0.2) is 0 Å². The lowest BCUT2D eigenvalue weighted by Crippen LogP contribution is -2.23. The van der Waals surface area contributed by atoms with Gasteiger partial charge >= 0.3 is 11.9 Å². The van der Waals surface area contributed by atoms with Gasteiger partial charge in [-0.05, 0) is 45.1 Å². The molecule has 0 bridgehead atoms. The molecule has 1 fully saturated rings. The molecule has 1 aliphatic rings. The molecule has 0 aromatic heterocycles. The van der Waals surface area contributed by atoms with Gasteiger partial charge in [0, 0.05) is 0 Å². The van der Waals surface area contributed by atoms with E-state index in [9.17, 15) is 9.59 Å². The van der Waals surface area contributed by atoms with Crippen LogP contribution in [0, 0.1) is 17.2 Å². The SMILES string of the molecule is CCOC(=O)/C(C#N)=C1/CCC[C@@H](C(=O)OCC)C1. The lowest BCUT2D eigenvalue weighted by Gasteiger charge is -2.23. The Labute approximate surface area is 113 Å². The molecule has 1 saturated carbocycles. The largest absolute Gasteiger partial charge is 0.466 e. The summed E-state index contributed by atoms with van der Waals surface area (Å²) in [5.74, 6) is -1.09. The fraction of sp³-hybridized carbons (Fsp3) is 0.643. The Kier molecular flexibility index (Phi) is 6.07. The van der Waals surface area contributed by atoms with Crippen LogP contribution in [0.2, 0.25) is 0 Å². The van der Waals surface area contributed by atoms with E-state index >= 15 is 0 Å². The Bertz CT molecular complexity index is 420. The van der Waals surface area contributed by atoms with E-state index < -0.39 is 5.97 Å². The van der Waals surface area contributed by atoms with Gasteiger partial charge in [0.25, 0.3) is 0 Å². The van der Waals surface area contributed by atoms with E-state index in [2.05, 4.69) is 0 Å². The van der Waals surface area contributed by atoms with E-state index in [0.29, 0.717) is 25.0 Å². The van der Waals surface area contributed by atoms with Crippen LogP contribution in [0.1, 0.15) is 39.5 Å². The van der Waals surface area contributed by atoms with Gasteiger partial charge in [-0.1, -0.05) is 0 Å². The Hall–Kier alpha value is -1.83. The smallest absolute Gasteiger partial charge is 0.348 e. The maximum atomic E-state index is 11.7. The van der Waals surface area contributed by atoms with Gasteiger partial charge in [-0.15, -0.1) is 0 Å². The van der Waals surface area contributed by atoms with E-state index in [1.165, 1.54) is 0 Å². The zero-order valence-electron chi connectivity index (χ0n) is 11.4. The molecule has 0 N–H and O–H groups in total. The van der Waals surface area contributed by atoms with Crippen LogP contribution in [-0.4, -0.2) is 25.2 Å². The first-order valence-electron chi connectivity index (χ1n) is 6.59. The molecule has 1 rings (SSSR count). The van der Waals surface area contributed by atoms with Gasteiger partial charge in [-0.25, -0.2) is 4.79 Å². The second-order valence-electron chi connectivity index (χ2n) is 4.36. The van der Waals surface area contributed by atoms with Crippen LogP contribution >= 0.6 is 0 Å². The number of allylic oxidation sites excluding steroid dienone is 1. The van der Waals surface area contributed by atoms with Gasteiger partial charge in [0.05, 0.1) is 19.1 Å². The third-order valence-electron chi connectivity index (χ3n) is 3.09. The zero-order chi connectivity index (χ0) is 14.3. The number of hydrogen-bond acceptors (Lipinski definition) is 5. The molecule has 0 aromatic rings. The number of nitrogens with zero attached hydrogens (tertiary/aromatic N) is 1. The van der Waals surface area contributed by atoms with Crippen LogP contribution in [0.4, 0.5) is 0 Å². The monoisotopic (exact) mass is 265 g/mol. The van der Waals surface area contributed by atoms with Crippen LogP contribution in [0.15, 0.2) is 11.1 Å². The topological polar surface area (TPSA) is 76.4 Å². The van der Waals surface area contributed by atoms with Crippen molar-refractivity contribution in [3.05, 3.63) is 11.1 Å². The highest BCUT2D eigenvalue weighted by molar-refractivity contribution is 5.93. The van der Waals surface area contributed by atoms with Crippen LogP contribution in [0.3, 0.4) is 0 Å². The van der Waals surface area contributed by atoms with Crippen molar-refractivity contribution in [1.82, 2.24) is 0 Å². The number of carbonyl (C=O) groups excluding carboxylic acids is 2. The van der Waals surface area contributed by atoms with E-state index in [0.717, 1.165) is 12.8 Å². The molecule has 19 heavy (non-hydrogen) atoms.